The molecule has 0 bridgehead atoms. The summed E-state index contributed by atoms with van der Waals surface area (Å²) in [6.07, 6.45) is 0.149. The maximum Gasteiger partial charge on any atom is 0.307 e. The van der Waals surface area contributed by atoms with Crippen molar-refractivity contribution in [2.24, 2.45) is 4.36 Å². The topological polar surface area (TPSA) is 71.0 Å². The van der Waals surface area contributed by atoms with Crippen LogP contribution in [-0.2, 0) is 19.6 Å². The van der Waals surface area contributed by atoms with Crippen LogP contribution in [0, 0.1) is 6.92 Å². The number of fused-ring (bicyclic) bond motifs is 1. The molecular weight excluding hydrogens is 374 g/mol. The second kappa shape index (κ2) is 7.68. The van der Waals surface area contributed by atoms with Gasteiger partial charge in [0, 0.05) is 5.92 Å². The zero-order chi connectivity index (χ0) is 20.5. The zero-order valence-corrected chi connectivity index (χ0v) is 17.8. The van der Waals surface area contributed by atoms with Gasteiger partial charge in [0.1, 0.15) is 22.0 Å². The van der Waals surface area contributed by atoms with Gasteiger partial charge in [-0.05, 0) is 67.1 Å². The molecule has 0 fully saturated rings. The monoisotopic (exact) mass is 401 g/mol. The fourth-order valence-corrected chi connectivity index (χ4v) is 5.71. The Balaban J connectivity index is 2.09. The van der Waals surface area contributed by atoms with Crippen molar-refractivity contribution in [3.63, 3.8) is 0 Å². The Bertz CT molecular complexity index is 932. The van der Waals surface area contributed by atoms with Gasteiger partial charge in [-0.25, -0.2) is 0 Å². The maximum atomic E-state index is 13.8. The second-order valence-corrected chi connectivity index (χ2v) is 10.4. The molecule has 5 nitrogen and oxygen atoms in total. The van der Waals surface area contributed by atoms with Gasteiger partial charge in [-0.15, -0.1) is 0 Å². The predicted molar refractivity (Wildman–Crippen MR) is 111 cm³/mol. The molecule has 1 unspecified atom stereocenters. The molecule has 6 heteroatoms. The highest BCUT2D eigenvalue weighted by Crippen LogP contribution is 2.46. The van der Waals surface area contributed by atoms with E-state index in [4.69, 9.17) is 9.47 Å². The van der Waals surface area contributed by atoms with Gasteiger partial charge in [-0.2, -0.15) is 0 Å². The van der Waals surface area contributed by atoms with Crippen LogP contribution in [0.15, 0.2) is 51.7 Å². The molecule has 150 valence electrons. The summed E-state index contributed by atoms with van der Waals surface area (Å²) in [6, 6.07) is 13.1. The van der Waals surface area contributed by atoms with Crippen LogP contribution in [0.3, 0.4) is 0 Å². The van der Waals surface area contributed by atoms with Crippen LogP contribution in [-0.4, -0.2) is 29.0 Å². The Labute approximate surface area is 168 Å². The molecule has 2 atom stereocenters. The van der Waals surface area contributed by atoms with Crippen molar-refractivity contribution in [2.45, 2.75) is 50.5 Å². The minimum absolute atomic E-state index is 0.149. The fourth-order valence-electron chi connectivity index (χ4n) is 3.42. The van der Waals surface area contributed by atoms with Gasteiger partial charge in [0.25, 0.3) is 0 Å². The molecule has 1 aliphatic rings. The minimum Gasteiger partial charge on any atom is -0.626 e. The number of hydrogen-bond acceptors (Lipinski definition) is 5. The lowest BCUT2D eigenvalue weighted by Crippen LogP contribution is -2.30. The smallest absolute Gasteiger partial charge is 0.307 e. The molecule has 0 saturated carbocycles. The molecule has 0 spiro atoms. The number of aryl methyl sites for hydroxylation is 1. The van der Waals surface area contributed by atoms with Crippen LogP contribution in [0.5, 0.6) is 5.75 Å². The Hall–Kier alpha value is -2.18. The van der Waals surface area contributed by atoms with Gasteiger partial charge < -0.3 is 14.0 Å². The molecule has 2 aromatic carbocycles. The molecule has 2 aromatic rings. The van der Waals surface area contributed by atoms with E-state index in [1.54, 1.807) is 7.11 Å². The number of methoxy groups -OCH3 is 1. The summed E-state index contributed by atoms with van der Waals surface area (Å²) in [5.41, 5.74) is 1.90. The number of rotatable bonds is 4. The highest BCUT2D eigenvalue weighted by atomic mass is 32.3. The van der Waals surface area contributed by atoms with Crippen molar-refractivity contribution in [3.8, 4) is 5.75 Å². The van der Waals surface area contributed by atoms with Gasteiger partial charge in [-0.3, -0.25) is 4.79 Å². The lowest BCUT2D eigenvalue weighted by Gasteiger charge is -2.32. The second-order valence-electron chi connectivity index (χ2n) is 8.10. The van der Waals surface area contributed by atoms with Gasteiger partial charge in [0.2, 0.25) is 0 Å². The van der Waals surface area contributed by atoms with Crippen molar-refractivity contribution >= 4 is 21.8 Å². The van der Waals surface area contributed by atoms with E-state index in [1.807, 2.05) is 70.2 Å². The SMILES string of the molecule is COc1cc(C)cc2c1N=[S+]([O-])(c1ccccc1)C[C@@H]2CC(=O)OC(C)(C)C. The van der Waals surface area contributed by atoms with Crippen molar-refractivity contribution in [2.75, 3.05) is 12.9 Å². The molecular formula is C22H27NO4S. The van der Waals surface area contributed by atoms with Gasteiger partial charge in [0.15, 0.2) is 5.69 Å². The first-order chi connectivity index (χ1) is 13.1. The number of ether oxygens (including phenoxy) is 2. The summed E-state index contributed by atoms with van der Waals surface area (Å²) in [6.45, 7) is 7.50. The van der Waals surface area contributed by atoms with Crippen LogP contribution < -0.4 is 4.74 Å². The van der Waals surface area contributed by atoms with Crippen LogP contribution in [0.1, 0.15) is 44.2 Å². The molecule has 28 heavy (non-hydrogen) atoms. The third kappa shape index (κ3) is 4.45. The van der Waals surface area contributed by atoms with E-state index in [0.29, 0.717) is 16.3 Å². The first-order valence-electron chi connectivity index (χ1n) is 9.31. The Morgan fingerprint density at radius 1 is 1.25 bits per heavy atom. The predicted octanol–water partition coefficient (Wildman–Crippen LogP) is 4.99. The summed E-state index contributed by atoms with van der Waals surface area (Å²) >= 11 is 0. The summed E-state index contributed by atoms with van der Waals surface area (Å²) in [5.74, 6) is 0.285. The average molecular weight is 402 g/mol. The number of carbonyl (C=O) groups excluding carboxylic acids is 1. The van der Waals surface area contributed by atoms with Crippen LogP contribution in [0.2, 0.25) is 0 Å². The summed E-state index contributed by atoms with van der Waals surface area (Å²) in [7, 11) is -1.15. The number of benzene rings is 2. The summed E-state index contributed by atoms with van der Waals surface area (Å²) in [4.78, 5) is 13.2. The zero-order valence-electron chi connectivity index (χ0n) is 17.0. The highest BCUT2D eigenvalue weighted by Gasteiger charge is 2.36. The first kappa shape index (κ1) is 20.6. The molecule has 0 N–H and O–H groups in total. The van der Waals surface area contributed by atoms with E-state index in [-0.39, 0.29) is 24.1 Å². The number of nitrogens with zero attached hydrogens (tertiary/aromatic N) is 1. The maximum absolute atomic E-state index is 13.8. The van der Waals surface area contributed by atoms with E-state index < -0.39 is 15.7 Å². The molecule has 3 rings (SSSR count). The third-order valence-corrected chi connectivity index (χ3v) is 6.86. The lowest BCUT2D eigenvalue weighted by molar-refractivity contribution is -0.155. The van der Waals surface area contributed by atoms with Crippen LogP contribution in [0.4, 0.5) is 5.69 Å². The lowest BCUT2D eigenvalue weighted by atomic mass is 9.93. The molecule has 0 amide bonds. The van der Waals surface area contributed by atoms with Crippen LogP contribution in [0.25, 0.3) is 0 Å². The Morgan fingerprint density at radius 2 is 1.93 bits per heavy atom. The summed E-state index contributed by atoms with van der Waals surface area (Å²) in [5, 5.41) is 0. The molecule has 0 aromatic heterocycles. The standard InChI is InChI=1S/C22H27NO4S/c1-15-11-18-16(13-20(24)27-22(2,3)4)14-28(25,17-9-7-6-8-10-17)23-21(18)19(12-15)26-5/h6-12,16H,13-14H2,1-5H3/t16-,28?/m0/s1. The number of hydrogen-bond donors (Lipinski definition) is 0. The molecule has 0 radical (unpaired) electrons. The van der Waals surface area contributed by atoms with E-state index in [2.05, 4.69) is 4.36 Å². The van der Waals surface area contributed by atoms with Gasteiger partial charge >= 0.3 is 5.97 Å². The van der Waals surface area contributed by atoms with Crippen molar-refractivity contribution in [1.82, 2.24) is 0 Å². The normalized spacial score (nSPS) is 21.4. The quantitative estimate of drug-likeness (QED) is 0.534. The van der Waals surface area contributed by atoms with E-state index in [1.165, 1.54) is 0 Å². The van der Waals surface area contributed by atoms with E-state index in [9.17, 15) is 9.35 Å². The van der Waals surface area contributed by atoms with E-state index in [0.717, 1.165) is 11.1 Å². The first-order valence-corrected chi connectivity index (χ1v) is 11.0. The molecule has 1 aliphatic heterocycles. The van der Waals surface area contributed by atoms with E-state index >= 15 is 0 Å². The Morgan fingerprint density at radius 3 is 2.54 bits per heavy atom. The van der Waals surface area contributed by atoms with Crippen molar-refractivity contribution in [1.29, 1.82) is 0 Å². The minimum atomic E-state index is -2.73. The Kier molecular flexibility index (Phi) is 5.64. The van der Waals surface area contributed by atoms with Crippen molar-refractivity contribution in [3.05, 3.63) is 53.6 Å². The molecule has 0 saturated heterocycles. The van der Waals surface area contributed by atoms with Gasteiger partial charge in [-0.1, -0.05) is 28.6 Å². The highest BCUT2D eigenvalue weighted by molar-refractivity contribution is 8.00. The molecule has 1 heterocycles. The average Bonchev–Trinajstić information content (AvgIpc) is 2.61. The fraction of sp³-hybridized carbons (Fsp3) is 0.409. The largest absolute Gasteiger partial charge is 0.626 e. The third-order valence-electron chi connectivity index (χ3n) is 4.52. The molecule has 0 aliphatic carbocycles. The number of carbonyl (C=O) groups is 1. The van der Waals surface area contributed by atoms with Gasteiger partial charge in [0.05, 0.1) is 13.5 Å². The van der Waals surface area contributed by atoms with Crippen molar-refractivity contribution < 1.29 is 18.8 Å². The summed E-state index contributed by atoms with van der Waals surface area (Å²) < 4.78 is 29.5. The number of esters is 1. The van der Waals surface area contributed by atoms with Crippen LogP contribution >= 0.6 is 0 Å².